The minimum atomic E-state index is -0.190. The molecule has 1 aromatic carbocycles. The number of carbonyl (C=O) groups is 2. The summed E-state index contributed by atoms with van der Waals surface area (Å²) in [4.78, 5) is 23.3. The van der Waals surface area contributed by atoms with Gasteiger partial charge in [-0.05, 0) is 24.6 Å². The van der Waals surface area contributed by atoms with E-state index in [-0.39, 0.29) is 24.8 Å². The van der Waals surface area contributed by atoms with Gasteiger partial charge in [0.25, 0.3) is 0 Å². The molecule has 2 amide bonds. The Labute approximate surface area is 125 Å². The number of rotatable bonds is 8. The molecule has 0 saturated carbocycles. The number of amides is 2. The number of unbranched alkanes of at least 4 members (excludes halogenated alkanes) is 1. The molecule has 0 aliphatic carbocycles. The van der Waals surface area contributed by atoms with E-state index in [4.69, 9.17) is 10.5 Å². The number of ether oxygens (including phenoxy) is 1. The first-order valence-corrected chi connectivity index (χ1v) is 7.08. The maximum atomic E-state index is 11.7. The van der Waals surface area contributed by atoms with Crippen molar-refractivity contribution in [3.63, 3.8) is 0 Å². The third kappa shape index (κ3) is 5.83. The summed E-state index contributed by atoms with van der Waals surface area (Å²) in [5.41, 5.74) is 6.49. The van der Waals surface area contributed by atoms with Gasteiger partial charge >= 0.3 is 0 Å². The Morgan fingerprint density at radius 3 is 2.52 bits per heavy atom. The van der Waals surface area contributed by atoms with Crippen molar-refractivity contribution in [2.45, 2.75) is 32.6 Å². The van der Waals surface area contributed by atoms with Crippen molar-refractivity contribution in [3.05, 3.63) is 18.2 Å². The lowest BCUT2D eigenvalue weighted by atomic mass is 10.2. The van der Waals surface area contributed by atoms with Crippen molar-refractivity contribution in [2.75, 3.05) is 24.3 Å². The van der Waals surface area contributed by atoms with Gasteiger partial charge in [0.1, 0.15) is 5.75 Å². The maximum Gasteiger partial charge on any atom is 0.225 e. The van der Waals surface area contributed by atoms with E-state index in [1.54, 1.807) is 18.2 Å². The molecule has 116 valence electrons. The first kappa shape index (κ1) is 17.0. The molecule has 0 atom stereocenters. The monoisotopic (exact) mass is 293 g/mol. The van der Waals surface area contributed by atoms with Crippen LogP contribution in [0.1, 0.15) is 32.6 Å². The van der Waals surface area contributed by atoms with Gasteiger partial charge in [-0.2, -0.15) is 0 Å². The fourth-order valence-electron chi connectivity index (χ4n) is 1.79. The summed E-state index contributed by atoms with van der Waals surface area (Å²) in [6.45, 7) is 2.31. The van der Waals surface area contributed by atoms with E-state index in [2.05, 4.69) is 10.6 Å². The molecular formula is C15H23N3O3. The quantitative estimate of drug-likeness (QED) is 0.684. The van der Waals surface area contributed by atoms with Crippen LogP contribution in [-0.2, 0) is 9.59 Å². The second-order valence-electron chi connectivity index (χ2n) is 4.65. The van der Waals surface area contributed by atoms with E-state index >= 15 is 0 Å². The van der Waals surface area contributed by atoms with Crippen LogP contribution in [0.15, 0.2) is 18.2 Å². The number of anilines is 2. The largest absolute Gasteiger partial charge is 0.495 e. The molecular weight excluding hydrogens is 270 g/mol. The first-order valence-electron chi connectivity index (χ1n) is 7.08. The number of nitrogens with two attached hydrogens (primary N) is 1. The van der Waals surface area contributed by atoms with Gasteiger partial charge in [0.05, 0.1) is 12.8 Å². The highest BCUT2D eigenvalue weighted by Crippen LogP contribution is 2.28. The Bertz CT molecular complexity index is 489. The van der Waals surface area contributed by atoms with Gasteiger partial charge in [-0.15, -0.1) is 0 Å². The van der Waals surface area contributed by atoms with Crippen LogP contribution >= 0.6 is 0 Å². The highest BCUT2D eigenvalue weighted by molar-refractivity contribution is 5.95. The molecule has 0 spiro atoms. The highest BCUT2D eigenvalue weighted by Gasteiger charge is 2.09. The molecule has 1 aromatic rings. The summed E-state index contributed by atoms with van der Waals surface area (Å²) in [6, 6.07) is 5.12. The van der Waals surface area contributed by atoms with Crippen molar-refractivity contribution < 1.29 is 14.3 Å². The van der Waals surface area contributed by atoms with E-state index in [1.807, 2.05) is 6.92 Å². The molecule has 0 fully saturated rings. The first-order chi connectivity index (χ1) is 10.1. The zero-order valence-electron chi connectivity index (χ0n) is 12.6. The van der Waals surface area contributed by atoms with Gasteiger partial charge in [0.2, 0.25) is 11.8 Å². The van der Waals surface area contributed by atoms with E-state index in [0.29, 0.717) is 23.5 Å². The summed E-state index contributed by atoms with van der Waals surface area (Å²) in [5.74, 6) is 0.304. The summed E-state index contributed by atoms with van der Waals surface area (Å²) >= 11 is 0. The van der Waals surface area contributed by atoms with Crippen molar-refractivity contribution in [1.29, 1.82) is 0 Å². The molecule has 0 aliphatic rings. The predicted molar refractivity (Wildman–Crippen MR) is 83.4 cm³/mol. The Morgan fingerprint density at radius 1 is 1.19 bits per heavy atom. The van der Waals surface area contributed by atoms with Crippen LogP contribution in [0.4, 0.5) is 11.4 Å². The Kier molecular flexibility index (Phi) is 7.25. The third-order valence-electron chi connectivity index (χ3n) is 2.89. The molecule has 21 heavy (non-hydrogen) atoms. The summed E-state index contributed by atoms with van der Waals surface area (Å²) in [5, 5.41) is 5.53. The van der Waals surface area contributed by atoms with Crippen molar-refractivity contribution in [2.24, 2.45) is 5.73 Å². The van der Waals surface area contributed by atoms with Crippen LogP contribution in [-0.4, -0.2) is 25.5 Å². The number of nitrogens with one attached hydrogen (secondary N) is 2. The number of carbonyl (C=O) groups excluding carboxylic acids is 2. The van der Waals surface area contributed by atoms with Crippen LogP contribution in [0.25, 0.3) is 0 Å². The molecule has 0 bridgehead atoms. The van der Waals surface area contributed by atoms with Crippen LogP contribution in [0.5, 0.6) is 5.75 Å². The van der Waals surface area contributed by atoms with Crippen LogP contribution in [0.2, 0.25) is 0 Å². The van der Waals surface area contributed by atoms with Gasteiger partial charge in [-0.25, -0.2) is 0 Å². The average Bonchev–Trinajstić information content (AvgIpc) is 2.45. The van der Waals surface area contributed by atoms with Gasteiger partial charge in [0, 0.05) is 25.1 Å². The fraction of sp³-hybridized carbons (Fsp3) is 0.467. The summed E-state index contributed by atoms with van der Waals surface area (Å²) < 4.78 is 5.19. The van der Waals surface area contributed by atoms with Gasteiger partial charge in [-0.3, -0.25) is 9.59 Å². The summed E-state index contributed by atoms with van der Waals surface area (Å²) in [6.07, 6.45) is 2.53. The SMILES string of the molecule is CCCCC(=O)Nc1ccc(OC)c(NC(=O)CCN)c1. The minimum absolute atomic E-state index is 0.0405. The molecule has 4 N–H and O–H groups in total. The Morgan fingerprint density at radius 2 is 1.90 bits per heavy atom. The average molecular weight is 293 g/mol. The molecule has 0 unspecified atom stereocenters. The molecule has 0 aromatic heterocycles. The molecule has 6 heteroatoms. The number of hydrogen-bond acceptors (Lipinski definition) is 4. The number of hydrogen-bond donors (Lipinski definition) is 3. The Hall–Kier alpha value is -2.08. The standard InChI is InChI=1S/C15H23N3O3/c1-3-4-5-14(19)17-11-6-7-13(21-2)12(10-11)18-15(20)8-9-16/h6-7,10H,3-5,8-9,16H2,1-2H3,(H,17,19)(H,18,20). The van der Waals surface area contributed by atoms with Crippen molar-refractivity contribution in [1.82, 2.24) is 0 Å². The molecule has 0 aliphatic heterocycles. The lowest BCUT2D eigenvalue weighted by molar-refractivity contribution is -0.116. The second-order valence-corrected chi connectivity index (χ2v) is 4.65. The highest BCUT2D eigenvalue weighted by atomic mass is 16.5. The number of benzene rings is 1. The smallest absolute Gasteiger partial charge is 0.225 e. The predicted octanol–water partition coefficient (Wildman–Crippen LogP) is 2.11. The van der Waals surface area contributed by atoms with E-state index in [0.717, 1.165) is 12.8 Å². The normalized spacial score (nSPS) is 10.0. The Balaban J connectivity index is 2.79. The van der Waals surface area contributed by atoms with Crippen LogP contribution in [0, 0.1) is 0 Å². The maximum absolute atomic E-state index is 11.7. The lowest BCUT2D eigenvalue weighted by Gasteiger charge is -2.12. The summed E-state index contributed by atoms with van der Waals surface area (Å²) in [7, 11) is 1.52. The van der Waals surface area contributed by atoms with E-state index in [9.17, 15) is 9.59 Å². The third-order valence-corrected chi connectivity index (χ3v) is 2.89. The molecule has 0 heterocycles. The lowest BCUT2D eigenvalue weighted by Crippen LogP contribution is -2.17. The van der Waals surface area contributed by atoms with Crippen molar-refractivity contribution in [3.8, 4) is 5.75 Å². The molecule has 0 radical (unpaired) electrons. The second kappa shape index (κ2) is 8.97. The number of methoxy groups -OCH3 is 1. The zero-order valence-corrected chi connectivity index (χ0v) is 12.6. The van der Waals surface area contributed by atoms with Gasteiger partial charge in [-0.1, -0.05) is 13.3 Å². The van der Waals surface area contributed by atoms with Gasteiger partial charge in [0.15, 0.2) is 0 Å². The van der Waals surface area contributed by atoms with E-state index < -0.39 is 0 Å². The molecule has 6 nitrogen and oxygen atoms in total. The molecule has 0 saturated heterocycles. The van der Waals surface area contributed by atoms with E-state index in [1.165, 1.54) is 7.11 Å². The topological polar surface area (TPSA) is 93.5 Å². The minimum Gasteiger partial charge on any atom is -0.495 e. The van der Waals surface area contributed by atoms with Crippen LogP contribution in [0.3, 0.4) is 0 Å². The molecule has 1 rings (SSSR count). The zero-order chi connectivity index (χ0) is 15.7. The van der Waals surface area contributed by atoms with Gasteiger partial charge < -0.3 is 21.1 Å². The fourth-order valence-corrected chi connectivity index (χ4v) is 1.79. The van der Waals surface area contributed by atoms with Crippen LogP contribution < -0.4 is 21.1 Å². The van der Waals surface area contributed by atoms with Crippen molar-refractivity contribution >= 4 is 23.2 Å².